The Morgan fingerprint density at radius 1 is 1.47 bits per heavy atom. The van der Waals surface area contributed by atoms with E-state index < -0.39 is 0 Å². The average molecular weight is 249 g/mol. The molecule has 0 radical (unpaired) electrons. The fraction of sp³-hybridized carbons (Fsp3) is 0.333. The molecule has 0 fully saturated rings. The first-order valence-corrected chi connectivity index (χ1v) is 5.40. The molecule has 1 rings (SSSR count). The lowest BCUT2D eigenvalue weighted by atomic mass is 10.2. The summed E-state index contributed by atoms with van der Waals surface area (Å²) in [5.41, 5.74) is 6.46. The molecule has 0 aliphatic heterocycles. The van der Waals surface area contributed by atoms with Crippen molar-refractivity contribution < 1.29 is 4.92 Å². The number of nitro groups is 1. The lowest BCUT2D eigenvalue weighted by molar-refractivity contribution is -0.384. The van der Waals surface area contributed by atoms with Gasteiger partial charge in [-0.15, -0.1) is 12.4 Å². The van der Waals surface area contributed by atoms with E-state index in [0.717, 1.165) is 17.1 Å². The molecule has 0 aromatic heterocycles. The van der Waals surface area contributed by atoms with Crippen molar-refractivity contribution in [3.63, 3.8) is 0 Å². The third-order valence-corrected chi connectivity index (χ3v) is 2.71. The first-order valence-electron chi connectivity index (χ1n) is 4.25. The minimum atomic E-state index is -0.378. The van der Waals surface area contributed by atoms with E-state index >= 15 is 0 Å². The quantitative estimate of drug-likeness (QED) is 0.493. The molecule has 0 atom stereocenters. The highest BCUT2D eigenvalue weighted by atomic mass is 35.5. The van der Waals surface area contributed by atoms with E-state index in [1.807, 2.05) is 6.07 Å². The Morgan fingerprint density at radius 3 is 2.80 bits per heavy atom. The Labute approximate surface area is 98.8 Å². The molecule has 0 aliphatic carbocycles. The largest absolute Gasteiger partial charge is 0.330 e. The Hall–Kier alpha value is -0.780. The van der Waals surface area contributed by atoms with Crippen LogP contribution in [0.15, 0.2) is 24.3 Å². The minimum absolute atomic E-state index is 0. The van der Waals surface area contributed by atoms with Gasteiger partial charge in [0.25, 0.3) is 5.69 Å². The Balaban J connectivity index is 0.00000196. The van der Waals surface area contributed by atoms with Crippen molar-refractivity contribution in [2.75, 3.05) is 12.3 Å². The van der Waals surface area contributed by atoms with Gasteiger partial charge in [0, 0.05) is 30.2 Å². The second-order valence-corrected chi connectivity index (χ2v) is 3.87. The van der Waals surface area contributed by atoms with Crippen molar-refractivity contribution in [2.45, 2.75) is 5.75 Å². The fourth-order valence-electron chi connectivity index (χ4n) is 1.03. The number of rotatable bonds is 5. The summed E-state index contributed by atoms with van der Waals surface area (Å²) < 4.78 is 0. The summed E-state index contributed by atoms with van der Waals surface area (Å²) in [5.74, 6) is 1.65. The highest BCUT2D eigenvalue weighted by Crippen LogP contribution is 2.17. The maximum atomic E-state index is 10.5. The zero-order chi connectivity index (χ0) is 10.4. The average Bonchev–Trinajstić information content (AvgIpc) is 2.19. The Morgan fingerprint density at radius 2 is 2.20 bits per heavy atom. The van der Waals surface area contributed by atoms with Gasteiger partial charge in [-0.3, -0.25) is 10.1 Å². The normalized spacial score (nSPS) is 9.40. The Bertz CT molecular complexity index is 323. The van der Waals surface area contributed by atoms with Crippen LogP contribution in [0.2, 0.25) is 0 Å². The molecule has 0 spiro atoms. The predicted octanol–water partition coefficient (Wildman–Crippen LogP) is 2.21. The number of hydrogen-bond acceptors (Lipinski definition) is 4. The first kappa shape index (κ1) is 14.2. The summed E-state index contributed by atoms with van der Waals surface area (Å²) in [6, 6.07) is 6.69. The molecule has 0 saturated carbocycles. The number of benzene rings is 1. The molecule has 0 aliphatic rings. The second kappa shape index (κ2) is 7.50. The number of hydrogen-bond donors (Lipinski definition) is 1. The van der Waals surface area contributed by atoms with Crippen molar-refractivity contribution in [2.24, 2.45) is 5.73 Å². The zero-order valence-electron chi connectivity index (χ0n) is 8.09. The van der Waals surface area contributed by atoms with Crippen molar-refractivity contribution in [1.29, 1.82) is 0 Å². The van der Waals surface area contributed by atoms with Gasteiger partial charge in [0.2, 0.25) is 0 Å². The molecule has 84 valence electrons. The highest BCUT2D eigenvalue weighted by molar-refractivity contribution is 7.98. The van der Waals surface area contributed by atoms with Crippen LogP contribution in [0.1, 0.15) is 5.56 Å². The minimum Gasteiger partial charge on any atom is -0.330 e. The van der Waals surface area contributed by atoms with Crippen LogP contribution in [-0.4, -0.2) is 17.2 Å². The second-order valence-electron chi connectivity index (χ2n) is 2.77. The molecule has 0 amide bonds. The smallest absolute Gasteiger partial charge is 0.269 e. The summed E-state index contributed by atoms with van der Waals surface area (Å²) in [6.45, 7) is 0.638. The summed E-state index contributed by atoms with van der Waals surface area (Å²) in [5, 5.41) is 10.5. The van der Waals surface area contributed by atoms with Crippen molar-refractivity contribution in [3.8, 4) is 0 Å². The van der Waals surface area contributed by atoms with E-state index in [1.165, 1.54) is 6.07 Å². The molecule has 0 heterocycles. The maximum Gasteiger partial charge on any atom is 0.269 e. The van der Waals surface area contributed by atoms with Crippen molar-refractivity contribution >= 4 is 29.9 Å². The highest BCUT2D eigenvalue weighted by Gasteiger charge is 2.04. The number of nitrogens with zero attached hydrogens (tertiary/aromatic N) is 1. The van der Waals surface area contributed by atoms with Gasteiger partial charge < -0.3 is 5.73 Å². The lowest BCUT2D eigenvalue weighted by Gasteiger charge is -1.99. The van der Waals surface area contributed by atoms with Gasteiger partial charge in [-0.05, 0) is 5.56 Å². The molecular weight excluding hydrogens is 236 g/mol. The van der Waals surface area contributed by atoms with Gasteiger partial charge in [-0.1, -0.05) is 12.1 Å². The van der Waals surface area contributed by atoms with Gasteiger partial charge in [0.05, 0.1) is 4.92 Å². The van der Waals surface area contributed by atoms with E-state index in [0.29, 0.717) is 6.54 Å². The van der Waals surface area contributed by atoms with Gasteiger partial charge in [0.15, 0.2) is 0 Å². The summed E-state index contributed by atoms with van der Waals surface area (Å²) >= 11 is 1.68. The third kappa shape index (κ3) is 5.01. The summed E-state index contributed by atoms with van der Waals surface area (Å²) in [7, 11) is 0. The number of nitrogens with two attached hydrogens (primary N) is 1. The first-order chi connectivity index (χ1) is 6.74. The third-order valence-electron chi connectivity index (χ3n) is 1.65. The number of nitro benzene ring substituents is 1. The number of thioether (sulfide) groups is 1. The molecule has 4 nitrogen and oxygen atoms in total. The van der Waals surface area contributed by atoms with Crippen LogP contribution < -0.4 is 5.73 Å². The molecule has 0 bridgehead atoms. The van der Waals surface area contributed by atoms with Crippen LogP contribution >= 0.6 is 24.2 Å². The SMILES string of the molecule is Cl.NCCSCc1cccc([N+](=O)[O-])c1. The van der Waals surface area contributed by atoms with Crippen LogP contribution in [0.25, 0.3) is 0 Å². The molecule has 0 unspecified atom stereocenters. The Kier molecular flexibility index (Phi) is 7.11. The van der Waals surface area contributed by atoms with Gasteiger partial charge in [-0.2, -0.15) is 11.8 Å². The molecule has 15 heavy (non-hydrogen) atoms. The van der Waals surface area contributed by atoms with E-state index in [1.54, 1.807) is 23.9 Å². The lowest BCUT2D eigenvalue weighted by Crippen LogP contribution is -2.01. The van der Waals surface area contributed by atoms with Crippen LogP contribution in [0, 0.1) is 10.1 Å². The number of non-ortho nitro benzene ring substituents is 1. The molecular formula is C9H13ClN2O2S. The van der Waals surface area contributed by atoms with Gasteiger partial charge in [0.1, 0.15) is 0 Å². The van der Waals surface area contributed by atoms with E-state index in [2.05, 4.69) is 0 Å². The van der Waals surface area contributed by atoms with Crippen LogP contribution in [0.5, 0.6) is 0 Å². The predicted molar refractivity (Wildman–Crippen MR) is 65.6 cm³/mol. The standard InChI is InChI=1S/C9H12N2O2S.ClH/c10-4-5-14-7-8-2-1-3-9(6-8)11(12)13;/h1-3,6H,4-5,7,10H2;1H. The molecule has 6 heteroatoms. The van der Waals surface area contributed by atoms with E-state index in [4.69, 9.17) is 5.73 Å². The maximum absolute atomic E-state index is 10.5. The topological polar surface area (TPSA) is 69.2 Å². The van der Waals surface area contributed by atoms with Gasteiger partial charge >= 0.3 is 0 Å². The van der Waals surface area contributed by atoms with Crippen LogP contribution in [-0.2, 0) is 5.75 Å². The van der Waals surface area contributed by atoms with Crippen LogP contribution in [0.3, 0.4) is 0 Å². The zero-order valence-corrected chi connectivity index (χ0v) is 9.72. The fourth-order valence-corrected chi connectivity index (χ4v) is 1.76. The molecule has 0 saturated heterocycles. The number of halogens is 1. The van der Waals surface area contributed by atoms with Crippen molar-refractivity contribution in [3.05, 3.63) is 39.9 Å². The van der Waals surface area contributed by atoms with Crippen LogP contribution in [0.4, 0.5) is 5.69 Å². The van der Waals surface area contributed by atoms with E-state index in [9.17, 15) is 10.1 Å². The molecule has 2 N–H and O–H groups in total. The van der Waals surface area contributed by atoms with E-state index in [-0.39, 0.29) is 23.0 Å². The monoisotopic (exact) mass is 248 g/mol. The van der Waals surface area contributed by atoms with Crippen molar-refractivity contribution in [1.82, 2.24) is 0 Å². The summed E-state index contributed by atoms with van der Waals surface area (Å²) in [4.78, 5) is 10.1. The molecule has 1 aromatic rings. The molecule has 1 aromatic carbocycles. The van der Waals surface area contributed by atoms with Gasteiger partial charge in [-0.25, -0.2) is 0 Å². The summed E-state index contributed by atoms with van der Waals surface area (Å²) in [6.07, 6.45) is 0.